The Kier molecular flexibility index (Phi) is 7.28. The summed E-state index contributed by atoms with van der Waals surface area (Å²) in [5.74, 6) is -0.0618. The average molecular weight is 486 g/mol. The molecule has 2 amide bonds. The van der Waals surface area contributed by atoms with Gasteiger partial charge in [-0.3, -0.25) is 9.59 Å². The lowest BCUT2D eigenvalue weighted by Gasteiger charge is -2.40. The molecule has 2 aliphatic rings. The molecular formula is C24H24F6N2O2. The second-order valence-corrected chi connectivity index (χ2v) is 8.15. The number of anilines is 2. The summed E-state index contributed by atoms with van der Waals surface area (Å²) in [6.45, 7) is 3.91. The molecule has 2 fully saturated rings. The number of carbonyl (C=O) groups excluding carboxylic acids is 2. The minimum absolute atomic E-state index is 0.0309. The second-order valence-electron chi connectivity index (χ2n) is 8.15. The Balaban J connectivity index is 0.000000191. The zero-order chi connectivity index (χ0) is 25.3. The maximum Gasteiger partial charge on any atom is 0.416 e. The van der Waals surface area contributed by atoms with Crippen LogP contribution in [0.5, 0.6) is 0 Å². The summed E-state index contributed by atoms with van der Waals surface area (Å²) in [6.07, 6.45) is -6.07. The molecule has 0 unspecified atom stereocenters. The van der Waals surface area contributed by atoms with E-state index in [4.69, 9.17) is 0 Å². The molecule has 184 valence electrons. The Morgan fingerprint density at radius 1 is 0.647 bits per heavy atom. The van der Waals surface area contributed by atoms with Crippen molar-refractivity contribution in [3.05, 3.63) is 59.7 Å². The number of β-lactam (4-membered cyclic amide) rings is 2. The lowest BCUT2D eigenvalue weighted by Crippen LogP contribution is -2.52. The first-order chi connectivity index (χ1) is 15.9. The Morgan fingerprint density at radius 3 is 1.15 bits per heavy atom. The van der Waals surface area contributed by atoms with Crippen LogP contribution in [-0.4, -0.2) is 23.9 Å². The van der Waals surface area contributed by atoms with E-state index >= 15 is 0 Å². The summed E-state index contributed by atoms with van der Waals surface area (Å²) in [5.41, 5.74) is -0.299. The quantitative estimate of drug-likeness (QED) is 0.369. The lowest BCUT2D eigenvalue weighted by atomic mass is 9.98. The maximum absolute atomic E-state index is 12.4. The topological polar surface area (TPSA) is 40.6 Å². The third-order valence-electron chi connectivity index (χ3n) is 5.98. The molecular weight excluding hydrogens is 462 g/mol. The molecule has 0 N–H and O–H groups in total. The summed E-state index contributed by atoms with van der Waals surface area (Å²) in [7, 11) is 0. The molecule has 0 spiro atoms. The predicted molar refractivity (Wildman–Crippen MR) is 115 cm³/mol. The first-order valence-electron chi connectivity index (χ1n) is 10.9. The molecule has 2 aromatic carbocycles. The van der Waals surface area contributed by atoms with Gasteiger partial charge in [0.25, 0.3) is 0 Å². The van der Waals surface area contributed by atoms with Crippen LogP contribution in [0.25, 0.3) is 0 Å². The van der Waals surface area contributed by atoms with Crippen molar-refractivity contribution >= 4 is 23.2 Å². The molecule has 0 radical (unpaired) electrons. The van der Waals surface area contributed by atoms with E-state index in [1.54, 1.807) is 9.80 Å². The van der Waals surface area contributed by atoms with Crippen LogP contribution in [0.4, 0.5) is 37.7 Å². The summed E-state index contributed by atoms with van der Waals surface area (Å²) < 4.78 is 74.1. The molecule has 10 heteroatoms. The Morgan fingerprint density at radius 2 is 0.941 bits per heavy atom. The van der Waals surface area contributed by atoms with E-state index in [1.165, 1.54) is 24.3 Å². The van der Waals surface area contributed by atoms with Crippen molar-refractivity contribution in [2.45, 2.75) is 64.0 Å². The van der Waals surface area contributed by atoms with Crippen LogP contribution in [0.2, 0.25) is 0 Å². The minimum Gasteiger partial charge on any atom is -0.309 e. The molecule has 34 heavy (non-hydrogen) atoms. The molecule has 0 aromatic heterocycles. The number of hydrogen-bond acceptors (Lipinski definition) is 2. The van der Waals surface area contributed by atoms with Gasteiger partial charge in [-0.1, -0.05) is 13.8 Å². The van der Waals surface area contributed by atoms with Gasteiger partial charge < -0.3 is 9.80 Å². The summed E-state index contributed by atoms with van der Waals surface area (Å²) >= 11 is 0. The number of alkyl halides is 6. The molecule has 2 heterocycles. The molecule has 2 atom stereocenters. The van der Waals surface area contributed by atoms with Crippen LogP contribution < -0.4 is 9.80 Å². The number of benzene rings is 2. The van der Waals surface area contributed by atoms with E-state index < -0.39 is 23.5 Å². The predicted octanol–water partition coefficient (Wildman–Crippen LogP) is 6.44. The third-order valence-corrected chi connectivity index (χ3v) is 5.98. The Labute approximate surface area is 193 Å². The van der Waals surface area contributed by atoms with Gasteiger partial charge in [-0.25, -0.2) is 0 Å². The first kappa shape index (κ1) is 25.6. The average Bonchev–Trinajstić information content (AvgIpc) is 2.75. The highest BCUT2D eigenvalue weighted by atomic mass is 19.4. The summed E-state index contributed by atoms with van der Waals surface area (Å²) in [5, 5.41) is 0. The van der Waals surface area contributed by atoms with Crippen molar-refractivity contribution < 1.29 is 35.9 Å². The smallest absolute Gasteiger partial charge is 0.309 e. The van der Waals surface area contributed by atoms with Crippen molar-refractivity contribution in [1.82, 2.24) is 0 Å². The minimum atomic E-state index is -4.33. The molecule has 0 aliphatic carbocycles. The van der Waals surface area contributed by atoms with Gasteiger partial charge in [0.1, 0.15) is 0 Å². The van der Waals surface area contributed by atoms with E-state index in [0.29, 0.717) is 24.2 Å². The van der Waals surface area contributed by atoms with Crippen molar-refractivity contribution in [3.63, 3.8) is 0 Å². The first-order valence-corrected chi connectivity index (χ1v) is 10.9. The fourth-order valence-electron chi connectivity index (χ4n) is 3.95. The van der Waals surface area contributed by atoms with Crippen LogP contribution in [0.3, 0.4) is 0 Å². The van der Waals surface area contributed by atoms with Gasteiger partial charge in [-0.05, 0) is 61.4 Å². The van der Waals surface area contributed by atoms with Gasteiger partial charge in [0.15, 0.2) is 0 Å². The molecule has 4 rings (SSSR count). The number of rotatable bonds is 4. The SMILES string of the molecule is CC[C@@H]1CC(=O)N1c1ccc(C(F)(F)F)cc1.CC[C@@H]1CC(=O)N1c1ccc(C(F)(F)F)cc1. The number of nitrogens with zero attached hydrogens (tertiary/aromatic N) is 2. The van der Waals surface area contributed by atoms with Gasteiger partial charge in [0.05, 0.1) is 11.1 Å². The largest absolute Gasteiger partial charge is 0.416 e. The lowest BCUT2D eigenvalue weighted by molar-refractivity contribution is -0.138. The number of hydrogen-bond donors (Lipinski definition) is 0. The van der Waals surface area contributed by atoms with Crippen LogP contribution in [0.15, 0.2) is 48.5 Å². The van der Waals surface area contributed by atoms with Gasteiger partial charge in [-0.2, -0.15) is 26.3 Å². The van der Waals surface area contributed by atoms with Crippen molar-refractivity contribution in [1.29, 1.82) is 0 Å². The highest BCUT2D eigenvalue weighted by Crippen LogP contribution is 2.35. The van der Waals surface area contributed by atoms with E-state index in [2.05, 4.69) is 0 Å². The van der Waals surface area contributed by atoms with Crippen molar-refractivity contribution in [2.24, 2.45) is 0 Å². The van der Waals surface area contributed by atoms with Gasteiger partial charge in [0, 0.05) is 36.3 Å². The van der Waals surface area contributed by atoms with Crippen LogP contribution in [0, 0.1) is 0 Å². The highest BCUT2D eigenvalue weighted by Gasteiger charge is 2.37. The van der Waals surface area contributed by atoms with Crippen molar-refractivity contribution in [3.8, 4) is 0 Å². The van der Waals surface area contributed by atoms with E-state index in [-0.39, 0.29) is 23.9 Å². The van der Waals surface area contributed by atoms with Gasteiger partial charge >= 0.3 is 12.4 Å². The molecule has 2 saturated heterocycles. The summed E-state index contributed by atoms with van der Waals surface area (Å²) in [6, 6.07) is 9.68. The van der Waals surface area contributed by atoms with E-state index in [9.17, 15) is 35.9 Å². The second kappa shape index (κ2) is 9.68. The Bertz CT molecular complexity index is 932. The zero-order valence-corrected chi connectivity index (χ0v) is 18.6. The molecule has 2 aliphatic heterocycles. The normalized spacial score (nSPS) is 20.4. The summed E-state index contributed by atoms with van der Waals surface area (Å²) in [4.78, 5) is 25.9. The standard InChI is InChI=1S/2C12H12F3NO/c2*1-2-9-7-11(17)16(9)10-5-3-8(4-6-10)12(13,14)15/h2*3-6,9H,2,7H2,1H3/t2*9-/m11/s1. The molecule has 0 saturated carbocycles. The maximum atomic E-state index is 12.4. The monoisotopic (exact) mass is 486 g/mol. The molecule has 0 bridgehead atoms. The number of halogens is 6. The Hall–Kier alpha value is -3.04. The van der Waals surface area contributed by atoms with Gasteiger partial charge in [0.2, 0.25) is 11.8 Å². The zero-order valence-electron chi connectivity index (χ0n) is 18.6. The highest BCUT2D eigenvalue weighted by molar-refractivity contribution is 6.01. The fourth-order valence-corrected chi connectivity index (χ4v) is 3.95. The van der Waals surface area contributed by atoms with Crippen LogP contribution >= 0.6 is 0 Å². The molecule has 4 nitrogen and oxygen atoms in total. The van der Waals surface area contributed by atoms with E-state index in [0.717, 1.165) is 37.1 Å². The molecule has 2 aromatic rings. The fraction of sp³-hybridized carbons (Fsp3) is 0.417. The number of carbonyl (C=O) groups is 2. The van der Waals surface area contributed by atoms with Crippen LogP contribution in [0.1, 0.15) is 50.7 Å². The van der Waals surface area contributed by atoms with Crippen LogP contribution in [-0.2, 0) is 21.9 Å². The van der Waals surface area contributed by atoms with E-state index in [1.807, 2.05) is 13.8 Å². The van der Waals surface area contributed by atoms with Crippen molar-refractivity contribution in [2.75, 3.05) is 9.80 Å². The number of amides is 2. The third kappa shape index (κ3) is 5.37. The van der Waals surface area contributed by atoms with Gasteiger partial charge in [-0.15, -0.1) is 0 Å².